The molecule has 0 spiro atoms. The van der Waals surface area contributed by atoms with Gasteiger partial charge in [0.2, 0.25) is 5.95 Å². The molecule has 0 radical (unpaired) electrons. The quantitative estimate of drug-likeness (QED) is 0.272. The minimum atomic E-state index is -1.14. The summed E-state index contributed by atoms with van der Waals surface area (Å²) in [6, 6.07) is 1.43. The minimum Gasteiger partial charge on any atom is -0.390 e. The molecular formula is C28H41N7O4S. The van der Waals surface area contributed by atoms with Crippen molar-refractivity contribution in [2.24, 2.45) is 5.92 Å². The zero-order chi connectivity index (χ0) is 28.8. The maximum Gasteiger partial charge on any atom is 0.224 e. The van der Waals surface area contributed by atoms with Gasteiger partial charge >= 0.3 is 0 Å². The molecule has 40 heavy (non-hydrogen) atoms. The molecule has 5 rings (SSSR count). The third-order valence-electron chi connectivity index (χ3n) is 8.65. The standard InChI is InChI=1S/C28H41N7O4S/c1-15-20(25-33-21-16(2)29-10-7-19(21)40-25)24(32-18-13-17(27(3,4)38)22(36)23(18)37)34-26(31-15)30-14-28(35(5)6)8-11-39-12-9-28/h7,10,17-18,22-23,36-38H,8-9,11-14H2,1-6H3,(H2,30,31,32,34)/t17-,18+,22+,23-/m0/s1. The lowest BCUT2D eigenvalue weighted by molar-refractivity contribution is -0.0601. The van der Waals surface area contributed by atoms with Gasteiger partial charge in [-0.25, -0.2) is 9.97 Å². The fourth-order valence-corrected chi connectivity index (χ4v) is 7.04. The third-order valence-corrected chi connectivity index (χ3v) is 9.69. The van der Waals surface area contributed by atoms with Crippen LogP contribution in [0.1, 0.15) is 44.5 Å². The van der Waals surface area contributed by atoms with Gasteiger partial charge in [-0.05, 0) is 67.1 Å². The lowest BCUT2D eigenvalue weighted by atomic mass is 9.88. The van der Waals surface area contributed by atoms with Gasteiger partial charge in [-0.2, -0.15) is 4.98 Å². The van der Waals surface area contributed by atoms with Crippen molar-refractivity contribution in [3.05, 3.63) is 23.7 Å². The van der Waals surface area contributed by atoms with E-state index in [0.29, 0.717) is 37.9 Å². The van der Waals surface area contributed by atoms with E-state index in [-0.39, 0.29) is 5.54 Å². The van der Waals surface area contributed by atoms with Gasteiger partial charge in [-0.15, -0.1) is 11.3 Å². The molecule has 0 unspecified atom stereocenters. The van der Waals surface area contributed by atoms with E-state index in [1.54, 1.807) is 20.0 Å². The number of nitrogens with zero attached hydrogens (tertiary/aromatic N) is 5. The topological polar surface area (TPSA) is 149 Å². The highest BCUT2D eigenvalue weighted by Crippen LogP contribution is 2.40. The second kappa shape index (κ2) is 11.1. The van der Waals surface area contributed by atoms with Crippen LogP contribution in [0.25, 0.3) is 20.8 Å². The molecule has 5 N–H and O–H groups in total. The Balaban J connectivity index is 1.52. The van der Waals surface area contributed by atoms with Gasteiger partial charge < -0.3 is 35.6 Å². The Morgan fingerprint density at radius 1 is 1.10 bits per heavy atom. The Bertz CT molecular complexity index is 1350. The molecule has 218 valence electrons. The van der Waals surface area contributed by atoms with E-state index in [2.05, 4.69) is 34.6 Å². The number of aryl methyl sites for hydroxylation is 2. The summed E-state index contributed by atoms with van der Waals surface area (Å²) in [7, 11) is 4.18. The van der Waals surface area contributed by atoms with Crippen LogP contribution in [0.4, 0.5) is 11.8 Å². The molecule has 4 atom stereocenters. The van der Waals surface area contributed by atoms with E-state index in [1.165, 1.54) is 11.3 Å². The molecule has 2 fully saturated rings. The fourth-order valence-electron chi connectivity index (χ4n) is 5.93. The lowest BCUT2D eigenvalue weighted by Crippen LogP contribution is -2.53. The monoisotopic (exact) mass is 571 g/mol. The van der Waals surface area contributed by atoms with E-state index in [1.807, 2.05) is 19.9 Å². The molecule has 0 bridgehead atoms. The van der Waals surface area contributed by atoms with Crippen molar-refractivity contribution in [3.8, 4) is 10.6 Å². The van der Waals surface area contributed by atoms with Crippen molar-refractivity contribution in [3.63, 3.8) is 0 Å². The highest BCUT2D eigenvalue weighted by Gasteiger charge is 2.48. The number of anilines is 2. The summed E-state index contributed by atoms with van der Waals surface area (Å²) in [6.07, 6.45) is 1.82. The van der Waals surface area contributed by atoms with E-state index in [9.17, 15) is 15.3 Å². The van der Waals surface area contributed by atoms with Crippen molar-refractivity contribution in [1.29, 1.82) is 0 Å². The number of hydrogen-bond donors (Lipinski definition) is 5. The summed E-state index contributed by atoms with van der Waals surface area (Å²) in [6.45, 7) is 9.26. The second-order valence-electron chi connectivity index (χ2n) is 11.9. The van der Waals surface area contributed by atoms with Crippen LogP contribution in [0.3, 0.4) is 0 Å². The number of rotatable bonds is 8. The van der Waals surface area contributed by atoms with Crippen LogP contribution in [-0.4, -0.2) is 103 Å². The Labute approximate surface area is 239 Å². The van der Waals surface area contributed by atoms with Crippen molar-refractivity contribution in [2.45, 2.75) is 76.3 Å². The van der Waals surface area contributed by atoms with Crippen LogP contribution in [0.2, 0.25) is 0 Å². The van der Waals surface area contributed by atoms with Crippen LogP contribution in [0.5, 0.6) is 0 Å². The number of nitrogens with one attached hydrogen (secondary N) is 2. The number of thiazole rings is 1. The first-order valence-electron chi connectivity index (χ1n) is 13.8. The fraction of sp³-hybridized carbons (Fsp3) is 0.643. The molecule has 1 aliphatic carbocycles. The van der Waals surface area contributed by atoms with E-state index >= 15 is 0 Å². The Morgan fingerprint density at radius 2 is 1.82 bits per heavy atom. The van der Waals surface area contributed by atoms with Gasteiger partial charge in [0.15, 0.2) is 0 Å². The van der Waals surface area contributed by atoms with Crippen molar-refractivity contribution in [1.82, 2.24) is 24.8 Å². The Kier molecular flexibility index (Phi) is 8.03. The van der Waals surface area contributed by atoms with E-state index in [0.717, 1.165) is 45.0 Å². The van der Waals surface area contributed by atoms with Gasteiger partial charge in [0, 0.05) is 37.4 Å². The van der Waals surface area contributed by atoms with Gasteiger partial charge in [0.05, 0.1) is 39.4 Å². The molecule has 1 aliphatic heterocycles. The maximum atomic E-state index is 11.0. The molecule has 2 aliphatic rings. The smallest absolute Gasteiger partial charge is 0.224 e. The van der Waals surface area contributed by atoms with Crippen molar-refractivity contribution < 1.29 is 20.1 Å². The summed E-state index contributed by atoms with van der Waals surface area (Å²) in [5.41, 5.74) is 1.94. The molecule has 3 aromatic rings. The van der Waals surface area contributed by atoms with E-state index < -0.39 is 29.8 Å². The lowest BCUT2D eigenvalue weighted by Gasteiger charge is -2.42. The Morgan fingerprint density at radius 3 is 2.45 bits per heavy atom. The van der Waals surface area contributed by atoms with Crippen LogP contribution < -0.4 is 10.6 Å². The normalized spacial score (nSPS) is 25.1. The predicted molar refractivity (Wildman–Crippen MR) is 157 cm³/mol. The van der Waals surface area contributed by atoms with Crippen LogP contribution in [0.15, 0.2) is 12.3 Å². The van der Waals surface area contributed by atoms with Crippen LogP contribution >= 0.6 is 11.3 Å². The number of ether oxygens (including phenoxy) is 1. The van der Waals surface area contributed by atoms with Gasteiger partial charge in [0.25, 0.3) is 0 Å². The highest BCUT2D eigenvalue weighted by atomic mass is 32.1. The maximum absolute atomic E-state index is 11.0. The van der Waals surface area contributed by atoms with Crippen molar-refractivity contribution >= 4 is 33.3 Å². The number of aliphatic hydroxyl groups excluding tert-OH is 2. The highest BCUT2D eigenvalue weighted by molar-refractivity contribution is 7.21. The number of pyridine rings is 1. The zero-order valence-electron chi connectivity index (χ0n) is 24.1. The first kappa shape index (κ1) is 29.0. The molecule has 11 nitrogen and oxygen atoms in total. The summed E-state index contributed by atoms with van der Waals surface area (Å²) in [5, 5.41) is 39.9. The summed E-state index contributed by atoms with van der Waals surface area (Å²) < 4.78 is 6.64. The zero-order valence-corrected chi connectivity index (χ0v) is 24.9. The van der Waals surface area contributed by atoms with Crippen LogP contribution in [-0.2, 0) is 4.74 Å². The molecule has 3 aromatic heterocycles. The number of hydrogen-bond acceptors (Lipinski definition) is 12. The molecule has 0 amide bonds. The average molecular weight is 572 g/mol. The minimum absolute atomic E-state index is 0.0784. The molecule has 1 saturated carbocycles. The SMILES string of the molecule is Cc1nc(NCC2(N(C)C)CCOCC2)nc(N[C@@H]2C[C@H](C(C)(C)O)[C@@H](O)[C@H]2O)c1-c1nc2c(C)nccc2s1. The summed E-state index contributed by atoms with van der Waals surface area (Å²) in [4.78, 5) is 21.2. The molecule has 4 heterocycles. The molecule has 0 aromatic carbocycles. The van der Waals surface area contributed by atoms with Gasteiger partial charge in [-0.1, -0.05) is 0 Å². The number of likely N-dealkylation sites (N-methyl/N-ethyl adjacent to an activating group) is 1. The molecule has 12 heteroatoms. The predicted octanol–water partition coefficient (Wildman–Crippen LogP) is 2.58. The number of aliphatic hydroxyl groups is 3. The number of fused-ring (bicyclic) bond motifs is 1. The van der Waals surface area contributed by atoms with Crippen molar-refractivity contribution in [2.75, 3.05) is 44.5 Å². The van der Waals surface area contributed by atoms with Gasteiger partial charge in [0.1, 0.15) is 22.4 Å². The Hall–Kier alpha value is -2.48. The largest absolute Gasteiger partial charge is 0.390 e. The first-order valence-corrected chi connectivity index (χ1v) is 14.7. The van der Waals surface area contributed by atoms with Gasteiger partial charge in [-0.3, -0.25) is 4.98 Å². The van der Waals surface area contributed by atoms with E-state index in [4.69, 9.17) is 19.7 Å². The first-order chi connectivity index (χ1) is 18.9. The second-order valence-corrected chi connectivity index (χ2v) is 13.0. The average Bonchev–Trinajstić information content (AvgIpc) is 3.45. The molecule has 1 saturated heterocycles. The third kappa shape index (κ3) is 5.53. The summed E-state index contributed by atoms with van der Waals surface area (Å²) >= 11 is 1.54. The summed E-state index contributed by atoms with van der Waals surface area (Å²) in [5.74, 6) is 0.509. The van der Waals surface area contributed by atoms with Crippen LogP contribution in [0, 0.1) is 19.8 Å². The number of aromatic nitrogens is 4. The molecular weight excluding hydrogens is 530 g/mol.